The van der Waals surface area contributed by atoms with E-state index in [-0.39, 0.29) is 6.04 Å². The van der Waals surface area contributed by atoms with Crippen molar-refractivity contribution in [3.8, 4) is 5.75 Å². The molecule has 0 saturated carbocycles. The van der Waals surface area contributed by atoms with Crippen molar-refractivity contribution in [3.05, 3.63) is 84.6 Å². The smallest absolute Gasteiger partial charge is 0.131 e. The fourth-order valence-corrected chi connectivity index (χ4v) is 6.07. The number of nitrogens with zero attached hydrogens (tertiary/aromatic N) is 2. The van der Waals surface area contributed by atoms with Gasteiger partial charge in [0.2, 0.25) is 0 Å². The van der Waals surface area contributed by atoms with Gasteiger partial charge in [-0.05, 0) is 35.7 Å². The number of benzene rings is 2. The second kappa shape index (κ2) is 8.10. The zero-order valence-electron chi connectivity index (χ0n) is 18.2. The summed E-state index contributed by atoms with van der Waals surface area (Å²) in [6, 6.07) is 18.8. The van der Waals surface area contributed by atoms with E-state index in [2.05, 4.69) is 48.0 Å². The Kier molecular flexibility index (Phi) is 5.28. The molecule has 0 spiro atoms. The predicted octanol–water partition coefficient (Wildman–Crippen LogP) is 4.89. The molecule has 1 aromatic heterocycles. The molecule has 4 heterocycles. The molecule has 2 aromatic carbocycles. The first-order chi connectivity index (χ1) is 15.1. The van der Waals surface area contributed by atoms with Crippen LogP contribution < -0.4 is 4.74 Å². The van der Waals surface area contributed by atoms with Gasteiger partial charge in [0, 0.05) is 35.9 Å². The molecule has 31 heavy (non-hydrogen) atoms. The van der Waals surface area contributed by atoms with Gasteiger partial charge in [-0.15, -0.1) is 6.58 Å². The standard InChI is InChI=1S/C27H31N2O2/c1-3-20-18-29(17-19-7-5-4-6-8-19)14-12-21(20)15-26(29)27(30)23-11-13-28-25-10-9-22(31-2)16-24(23)25/h3-11,13,16,20-21,26-27,30H,1,12,14-15,17-18H2,2H3/q+1/t20-,21+,26+,27-,29-/m0/s1. The lowest BCUT2D eigenvalue weighted by Gasteiger charge is -2.58. The van der Waals surface area contributed by atoms with Gasteiger partial charge in [0.25, 0.3) is 0 Å². The molecule has 5 atom stereocenters. The number of methoxy groups -OCH3 is 1. The number of quaternary nitrogens is 1. The van der Waals surface area contributed by atoms with Crippen LogP contribution in [-0.4, -0.2) is 40.8 Å². The zero-order valence-corrected chi connectivity index (χ0v) is 18.2. The van der Waals surface area contributed by atoms with E-state index in [1.165, 1.54) is 12.0 Å². The highest BCUT2D eigenvalue weighted by Crippen LogP contribution is 2.48. The zero-order chi connectivity index (χ0) is 21.4. The highest BCUT2D eigenvalue weighted by atomic mass is 16.5. The van der Waals surface area contributed by atoms with Crippen molar-refractivity contribution >= 4 is 10.9 Å². The molecule has 2 bridgehead atoms. The van der Waals surface area contributed by atoms with E-state index in [1.807, 2.05) is 30.5 Å². The van der Waals surface area contributed by atoms with Crippen LogP contribution in [0.1, 0.15) is 30.1 Å². The van der Waals surface area contributed by atoms with Gasteiger partial charge >= 0.3 is 0 Å². The quantitative estimate of drug-likeness (QED) is 0.460. The number of hydrogen-bond donors (Lipinski definition) is 1. The summed E-state index contributed by atoms with van der Waals surface area (Å²) in [5.41, 5.74) is 3.19. The van der Waals surface area contributed by atoms with Crippen LogP contribution in [0.25, 0.3) is 10.9 Å². The molecule has 0 unspecified atom stereocenters. The molecule has 4 nitrogen and oxygen atoms in total. The third kappa shape index (κ3) is 3.54. The molecule has 1 N–H and O–H groups in total. The second-order valence-electron chi connectivity index (χ2n) is 9.25. The van der Waals surface area contributed by atoms with Crippen molar-refractivity contribution in [3.63, 3.8) is 0 Å². The average molecular weight is 416 g/mol. The molecule has 3 aliphatic heterocycles. The maximum Gasteiger partial charge on any atom is 0.131 e. The third-order valence-corrected chi connectivity index (χ3v) is 7.68. The summed E-state index contributed by atoms with van der Waals surface area (Å²) in [5.74, 6) is 1.92. The Morgan fingerprint density at radius 2 is 2.06 bits per heavy atom. The van der Waals surface area contributed by atoms with Crippen LogP contribution in [0.3, 0.4) is 0 Å². The van der Waals surface area contributed by atoms with E-state index in [4.69, 9.17) is 4.74 Å². The largest absolute Gasteiger partial charge is 0.497 e. The molecule has 3 fully saturated rings. The summed E-state index contributed by atoms with van der Waals surface area (Å²) in [5, 5.41) is 12.8. The molecule has 6 rings (SSSR count). The number of pyridine rings is 1. The van der Waals surface area contributed by atoms with E-state index < -0.39 is 6.10 Å². The van der Waals surface area contributed by atoms with Gasteiger partial charge in [-0.3, -0.25) is 4.98 Å². The molecular weight excluding hydrogens is 384 g/mol. The minimum atomic E-state index is -0.546. The summed E-state index contributed by atoms with van der Waals surface area (Å²) in [6.07, 6.45) is 5.65. The van der Waals surface area contributed by atoms with Crippen molar-refractivity contribution in [1.29, 1.82) is 0 Å². The van der Waals surface area contributed by atoms with Gasteiger partial charge in [-0.2, -0.15) is 0 Å². The molecule has 3 aliphatic rings. The molecule has 3 aromatic rings. The van der Waals surface area contributed by atoms with Crippen molar-refractivity contribution in [1.82, 2.24) is 4.98 Å². The first-order valence-electron chi connectivity index (χ1n) is 11.3. The van der Waals surface area contributed by atoms with Gasteiger partial charge in [-0.25, -0.2) is 0 Å². The number of ether oxygens (including phenoxy) is 1. The topological polar surface area (TPSA) is 42.4 Å². The molecule has 160 valence electrons. The van der Waals surface area contributed by atoms with Crippen molar-refractivity contribution in [2.75, 3.05) is 20.2 Å². The van der Waals surface area contributed by atoms with Crippen LogP contribution in [0.4, 0.5) is 0 Å². The Morgan fingerprint density at radius 1 is 1.23 bits per heavy atom. The van der Waals surface area contributed by atoms with Gasteiger partial charge in [-0.1, -0.05) is 36.4 Å². The minimum Gasteiger partial charge on any atom is -0.497 e. The van der Waals surface area contributed by atoms with Crippen molar-refractivity contribution in [2.45, 2.75) is 31.5 Å². The van der Waals surface area contributed by atoms with Crippen LogP contribution in [0.15, 0.2) is 73.4 Å². The van der Waals surface area contributed by atoms with Gasteiger partial charge in [0.15, 0.2) is 0 Å². The molecule has 4 heteroatoms. The summed E-state index contributed by atoms with van der Waals surface area (Å²) in [7, 11) is 1.68. The number of piperidine rings is 3. The number of aliphatic hydroxyl groups excluding tert-OH is 1. The van der Waals surface area contributed by atoms with Crippen molar-refractivity contribution < 1.29 is 14.3 Å². The van der Waals surface area contributed by atoms with Crippen LogP contribution in [0.5, 0.6) is 5.75 Å². The highest BCUT2D eigenvalue weighted by molar-refractivity contribution is 5.83. The average Bonchev–Trinajstić information content (AvgIpc) is 2.83. The Bertz CT molecular complexity index is 1080. The van der Waals surface area contributed by atoms with Gasteiger partial charge < -0.3 is 14.3 Å². The van der Waals surface area contributed by atoms with E-state index in [0.29, 0.717) is 11.8 Å². The Morgan fingerprint density at radius 3 is 2.84 bits per heavy atom. The van der Waals surface area contributed by atoms with Crippen LogP contribution >= 0.6 is 0 Å². The lowest BCUT2D eigenvalue weighted by Crippen LogP contribution is -2.67. The maximum absolute atomic E-state index is 11.8. The SMILES string of the molecule is C=C[C@H]1C[N@@+]2(Cc3ccccc3)CC[C@@H]1C[C@@H]2[C@@H](O)c1ccnc2ccc(OC)cc12. The minimum absolute atomic E-state index is 0.159. The molecule has 0 amide bonds. The second-order valence-corrected chi connectivity index (χ2v) is 9.25. The summed E-state index contributed by atoms with van der Waals surface area (Å²) in [6.45, 7) is 7.25. The molecule has 0 aliphatic carbocycles. The molecule has 3 saturated heterocycles. The fourth-order valence-electron chi connectivity index (χ4n) is 6.07. The van der Waals surface area contributed by atoms with Gasteiger partial charge in [0.05, 0.1) is 25.7 Å². The van der Waals surface area contributed by atoms with E-state index in [1.54, 1.807) is 7.11 Å². The summed E-state index contributed by atoms with van der Waals surface area (Å²) < 4.78 is 6.38. The number of aromatic nitrogens is 1. The number of fused-ring (bicyclic) bond motifs is 4. The van der Waals surface area contributed by atoms with Crippen LogP contribution in [-0.2, 0) is 6.54 Å². The maximum atomic E-state index is 11.8. The predicted molar refractivity (Wildman–Crippen MR) is 124 cm³/mol. The summed E-state index contributed by atoms with van der Waals surface area (Å²) in [4.78, 5) is 4.52. The lowest BCUT2D eigenvalue weighted by atomic mass is 9.71. The normalized spacial score (nSPS) is 28.4. The first kappa shape index (κ1) is 20.2. The lowest BCUT2D eigenvalue weighted by molar-refractivity contribution is -0.984. The highest BCUT2D eigenvalue weighted by Gasteiger charge is 2.53. The molecular formula is C27H31N2O2+. The number of rotatable bonds is 6. The van der Waals surface area contributed by atoms with Gasteiger partial charge in [0.1, 0.15) is 24.4 Å². The number of hydrogen-bond acceptors (Lipinski definition) is 3. The first-order valence-corrected chi connectivity index (χ1v) is 11.3. The Labute approximate surface area is 184 Å². The van der Waals surface area contributed by atoms with Crippen LogP contribution in [0, 0.1) is 11.8 Å². The van der Waals surface area contributed by atoms with E-state index >= 15 is 0 Å². The fraction of sp³-hybridized carbons (Fsp3) is 0.370. The van der Waals surface area contributed by atoms with E-state index in [9.17, 15) is 5.11 Å². The number of aliphatic hydroxyl groups is 1. The van der Waals surface area contributed by atoms with E-state index in [0.717, 1.165) is 52.8 Å². The Hall–Kier alpha value is -2.69. The van der Waals surface area contributed by atoms with Crippen molar-refractivity contribution in [2.24, 2.45) is 11.8 Å². The summed E-state index contributed by atoms with van der Waals surface area (Å²) >= 11 is 0. The third-order valence-electron chi connectivity index (χ3n) is 7.68. The van der Waals surface area contributed by atoms with Crippen LogP contribution in [0.2, 0.25) is 0 Å². The molecule has 0 radical (unpaired) electrons. The monoisotopic (exact) mass is 415 g/mol. The Balaban J connectivity index is 1.56.